The topological polar surface area (TPSA) is 59.3 Å². The molecule has 2 N–H and O–H groups in total. The molecule has 5 nitrogen and oxygen atoms in total. The van der Waals surface area contributed by atoms with Crippen molar-refractivity contribution in [1.29, 1.82) is 0 Å². The second-order valence-electron chi connectivity index (χ2n) is 4.63. The molecule has 1 unspecified atom stereocenters. The second kappa shape index (κ2) is 8.24. The molecule has 1 atom stereocenters. The van der Waals surface area contributed by atoms with E-state index in [0.29, 0.717) is 13.2 Å². The van der Waals surface area contributed by atoms with Crippen LogP contribution < -0.4 is 5.32 Å². The van der Waals surface area contributed by atoms with E-state index >= 15 is 0 Å². The number of nitrogens with one attached hydrogen (secondary N) is 1. The Bertz CT molecular complexity index is 339. The van der Waals surface area contributed by atoms with Gasteiger partial charge in [0, 0.05) is 38.5 Å². The maximum atomic E-state index is 9.69. The Labute approximate surface area is 109 Å². The van der Waals surface area contributed by atoms with E-state index in [-0.39, 0.29) is 0 Å². The highest BCUT2D eigenvalue weighted by atomic mass is 16.5. The molecule has 0 aromatic carbocycles. The van der Waals surface area contributed by atoms with E-state index in [9.17, 15) is 5.11 Å². The molecule has 1 rings (SSSR count). The van der Waals surface area contributed by atoms with Gasteiger partial charge in [-0.1, -0.05) is 13.3 Å². The first-order chi connectivity index (χ1) is 8.63. The lowest BCUT2D eigenvalue weighted by molar-refractivity contribution is 0.0358. The number of hydrogen-bond acceptors (Lipinski definition) is 4. The van der Waals surface area contributed by atoms with Crippen LogP contribution in [0.1, 0.15) is 31.0 Å². The van der Waals surface area contributed by atoms with Gasteiger partial charge in [-0.3, -0.25) is 4.68 Å². The van der Waals surface area contributed by atoms with Crippen molar-refractivity contribution in [3.63, 3.8) is 0 Å². The Morgan fingerprint density at radius 2 is 2.33 bits per heavy atom. The number of aromatic nitrogens is 2. The fraction of sp³-hybridized carbons (Fsp3) is 0.769. The van der Waals surface area contributed by atoms with Gasteiger partial charge in [-0.05, 0) is 13.3 Å². The third-order valence-electron chi connectivity index (χ3n) is 2.76. The van der Waals surface area contributed by atoms with Gasteiger partial charge in [0.1, 0.15) is 0 Å². The first-order valence-corrected chi connectivity index (χ1v) is 6.59. The van der Waals surface area contributed by atoms with Crippen LogP contribution in [-0.4, -0.2) is 40.7 Å². The van der Waals surface area contributed by atoms with Gasteiger partial charge in [-0.15, -0.1) is 0 Å². The summed E-state index contributed by atoms with van der Waals surface area (Å²) in [6.07, 6.45) is 3.72. The fourth-order valence-corrected chi connectivity index (χ4v) is 1.72. The predicted octanol–water partition coefficient (Wildman–Crippen LogP) is 0.996. The van der Waals surface area contributed by atoms with Gasteiger partial charge in [0.15, 0.2) is 0 Å². The van der Waals surface area contributed by atoms with E-state index in [2.05, 4.69) is 17.3 Å². The molecule has 1 aromatic rings. The predicted molar refractivity (Wildman–Crippen MR) is 71.4 cm³/mol. The summed E-state index contributed by atoms with van der Waals surface area (Å²) >= 11 is 0. The summed E-state index contributed by atoms with van der Waals surface area (Å²) in [4.78, 5) is 0. The number of aliphatic hydroxyl groups excluding tert-OH is 1. The molecule has 0 bridgehead atoms. The Kier molecular flexibility index (Phi) is 6.93. The zero-order valence-electron chi connectivity index (χ0n) is 11.6. The van der Waals surface area contributed by atoms with Crippen LogP contribution in [0.15, 0.2) is 6.20 Å². The van der Waals surface area contributed by atoms with Crippen LogP contribution in [0.3, 0.4) is 0 Å². The molecule has 1 heterocycles. The summed E-state index contributed by atoms with van der Waals surface area (Å²) in [7, 11) is 1.91. The standard InChI is InChI=1S/C13H25N3O2/c1-4-5-6-18-10-13(17)8-14-7-12-9-16(3)15-11(12)2/h9,13-14,17H,4-8,10H2,1-3H3. The minimum atomic E-state index is -0.446. The van der Waals surface area contributed by atoms with Crippen molar-refractivity contribution in [2.45, 2.75) is 39.3 Å². The number of ether oxygens (including phenoxy) is 1. The van der Waals surface area contributed by atoms with Crippen LogP contribution in [0.4, 0.5) is 0 Å². The van der Waals surface area contributed by atoms with E-state index in [1.54, 1.807) is 4.68 Å². The highest BCUT2D eigenvalue weighted by Gasteiger charge is 2.06. The molecule has 1 aromatic heterocycles. The number of unbranched alkanes of at least 4 members (excludes halogenated alkanes) is 1. The molecule has 18 heavy (non-hydrogen) atoms. The van der Waals surface area contributed by atoms with Crippen molar-refractivity contribution >= 4 is 0 Å². The minimum absolute atomic E-state index is 0.402. The van der Waals surface area contributed by atoms with E-state index in [1.165, 1.54) is 0 Å². The lowest BCUT2D eigenvalue weighted by Gasteiger charge is -2.12. The quantitative estimate of drug-likeness (QED) is 0.646. The molecule has 0 amide bonds. The highest BCUT2D eigenvalue weighted by molar-refractivity contribution is 5.14. The first kappa shape index (κ1) is 15.1. The number of nitrogens with zero attached hydrogens (tertiary/aromatic N) is 2. The monoisotopic (exact) mass is 255 g/mol. The summed E-state index contributed by atoms with van der Waals surface area (Å²) in [6, 6.07) is 0. The molecular weight excluding hydrogens is 230 g/mol. The largest absolute Gasteiger partial charge is 0.389 e. The van der Waals surface area contributed by atoms with E-state index in [1.807, 2.05) is 20.2 Å². The summed E-state index contributed by atoms with van der Waals surface area (Å²) in [5, 5.41) is 17.2. The first-order valence-electron chi connectivity index (χ1n) is 6.59. The zero-order valence-corrected chi connectivity index (χ0v) is 11.6. The molecule has 0 saturated carbocycles. The van der Waals surface area contributed by atoms with Crippen molar-refractivity contribution in [2.75, 3.05) is 19.8 Å². The van der Waals surface area contributed by atoms with E-state index in [0.717, 1.165) is 37.3 Å². The van der Waals surface area contributed by atoms with Gasteiger partial charge in [-0.2, -0.15) is 5.10 Å². The molecule has 0 spiro atoms. The molecule has 0 aliphatic heterocycles. The fourth-order valence-electron chi connectivity index (χ4n) is 1.72. The smallest absolute Gasteiger partial charge is 0.0897 e. The maximum Gasteiger partial charge on any atom is 0.0897 e. The van der Waals surface area contributed by atoms with Gasteiger partial charge in [0.05, 0.1) is 18.4 Å². The molecule has 0 saturated heterocycles. The van der Waals surface area contributed by atoms with Crippen molar-refractivity contribution < 1.29 is 9.84 Å². The van der Waals surface area contributed by atoms with Crippen molar-refractivity contribution in [3.8, 4) is 0 Å². The highest BCUT2D eigenvalue weighted by Crippen LogP contribution is 2.03. The van der Waals surface area contributed by atoms with Crippen LogP contribution in [0, 0.1) is 6.92 Å². The molecule has 0 aliphatic rings. The van der Waals surface area contributed by atoms with Crippen LogP contribution >= 0.6 is 0 Å². The molecule has 0 aliphatic carbocycles. The Morgan fingerprint density at radius 1 is 1.56 bits per heavy atom. The Morgan fingerprint density at radius 3 is 2.94 bits per heavy atom. The van der Waals surface area contributed by atoms with Crippen molar-refractivity contribution in [3.05, 3.63) is 17.5 Å². The van der Waals surface area contributed by atoms with Crippen molar-refractivity contribution in [2.24, 2.45) is 7.05 Å². The average molecular weight is 255 g/mol. The van der Waals surface area contributed by atoms with Gasteiger partial charge in [-0.25, -0.2) is 0 Å². The van der Waals surface area contributed by atoms with Gasteiger partial charge in [0.25, 0.3) is 0 Å². The van der Waals surface area contributed by atoms with Crippen molar-refractivity contribution in [1.82, 2.24) is 15.1 Å². The van der Waals surface area contributed by atoms with Crippen LogP contribution in [0.2, 0.25) is 0 Å². The summed E-state index contributed by atoms with van der Waals surface area (Å²) < 4.78 is 7.16. The number of aryl methyl sites for hydroxylation is 2. The average Bonchev–Trinajstić information content (AvgIpc) is 2.64. The van der Waals surface area contributed by atoms with Crippen LogP contribution in [0.5, 0.6) is 0 Å². The SMILES string of the molecule is CCCCOCC(O)CNCc1cn(C)nc1C. The van der Waals surface area contributed by atoms with E-state index in [4.69, 9.17) is 4.74 Å². The van der Waals surface area contributed by atoms with Crippen LogP contribution in [0.25, 0.3) is 0 Å². The second-order valence-corrected chi connectivity index (χ2v) is 4.63. The van der Waals surface area contributed by atoms with Crippen LogP contribution in [-0.2, 0) is 18.3 Å². The lowest BCUT2D eigenvalue weighted by atomic mass is 10.2. The molecule has 104 valence electrons. The Balaban J connectivity index is 2.11. The molecular formula is C13H25N3O2. The normalized spacial score (nSPS) is 12.9. The maximum absolute atomic E-state index is 9.69. The molecule has 0 fully saturated rings. The summed E-state index contributed by atoms with van der Waals surface area (Å²) in [5.74, 6) is 0. The van der Waals surface area contributed by atoms with Gasteiger partial charge >= 0.3 is 0 Å². The zero-order chi connectivity index (χ0) is 13.4. The lowest BCUT2D eigenvalue weighted by Crippen LogP contribution is -2.30. The molecule has 0 radical (unpaired) electrons. The summed E-state index contributed by atoms with van der Waals surface area (Å²) in [6.45, 7) is 6.51. The van der Waals surface area contributed by atoms with E-state index < -0.39 is 6.10 Å². The third-order valence-corrected chi connectivity index (χ3v) is 2.76. The van der Waals surface area contributed by atoms with Gasteiger partial charge < -0.3 is 15.2 Å². The minimum Gasteiger partial charge on any atom is -0.389 e. The number of rotatable bonds is 9. The Hall–Kier alpha value is -0.910. The van der Waals surface area contributed by atoms with Gasteiger partial charge in [0.2, 0.25) is 0 Å². The number of aliphatic hydroxyl groups is 1. The molecule has 5 heteroatoms. The summed E-state index contributed by atoms with van der Waals surface area (Å²) in [5.41, 5.74) is 2.19. The third kappa shape index (κ3) is 5.62. The number of hydrogen-bond donors (Lipinski definition) is 2.